The van der Waals surface area contributed by atoms with E-state index in [4.69, 9.17) is 0 Å². The smallest absolute Gasteiger partial charge is 0.455 e. The van der Waals surface area contributed by atoms with Crippen LogP contribution in [-0.2, 0) is 29.4 Å². The van der Waals surface area contributed by atoms with Gasteiger partial charge in [0.2, 0.25) is 5.88 Å². The van der Waals surface area contributed by atoms with Gasteiger partial charge in [-0.3, -0.25) is 4.79 Å². The Kier molecular flexibility index (Phi) is 6.23. The molecule has 0 aliphatic carbocycles. The van der Waals surface area contributed by atoms with Crippen LogP contribution in [0.1, 0.15) is 27.2 Å². The molecule has 2 rings (SSSR count). The summed E-state index contributed by atoms with van der Waals surface area (Å²) in [7, 11) is 0. The fourth-order valence-electron chi connectivity index (χ4n) is 2.16. The molecule has 159 valence electrons. The quantitative estimate of drug-likeness (QED) is 0.395. The number of ketones is 1. The van der Waals surface area contributed by atoms with E-state index in [0.29, 0.717) is 0 Å². The molecule has 0 saturated heterocycles. The normalized spacial score (nSPS) is 12.6. The average Bonchev–Trinajstić information content (AvgIpc) is 2.78. The van der Waals surface area contributed by atoms with E-state index in [1.165, 1.54) is 0 Å². The fraction of sp³-hybridized carbons (Fsp3) is 0.286. The number of halogens is 9. The van der Waals surface area contributed by atoms with Gasteiger partial charge in [0, 0.05) is 17.1 Å². The summed E-state index contributed by atoms with van der Waals surface area (Å²) in [6.45, 7) is 0.827. The first-order valence-electron chi connectivity index (χ1n) is 6.73. The van der Waals surface area contributed by atoms with Crippen molar-refractivity contribution in [2.75, 3.05) is 0 Å². The summed E-state index contributed by atoms with van der Waals surface area (Å²) in [4.78, 5) is 11.3. The Balaban J connectivity index is 0.00000392. The van der Waals surface area contributed by atoms with Crippen molar-refractivity contribution in [1.82, 2.24) is 9.78 Å². The monoisotopic (exact) mass is 469 g/mol. The largest absolute Gasteiger partial charge is 0.493 e. The van der Waals surface area contributed by atoms with Crippen LogP contribution < -0.4 is 0 Å². The molecule has 1 heterocycles. The molecule has 0 spiro atoms. The van der Waals surface area contributed by atoms with Crippen LogP contribution in [0.15, 0.2) is 18.2 Å². The van der Waals surface area contributed by atoms with E-state index < -0.39 is 58.3 Å². The number of aromatic nitrogens is 2. The van der Waals surface area contributed by atoms with Crippen molar-refractivity contribution in [3.63, 3.8) is 0 Å². The van der Waals surface area contributed by atoms with Crippen LogP contribution in [0.2, 0.25) is 0 Å². The summed E-state index contributed by atoms with van der Waals surface area (Å²) in [6, 6.07) is 0.0746. The van der Waals surface area contributed by atoms with E-state index in [1.807, 2.05) is 0 Å². The van der Waals surface area contributed by atoms with Crippen LogP contribution in [0.3, 0.4) is 0 Å². The van der Waals surface area contributed by atoms with Crippen molar-refractivity contribution in [2.24, 2.45) is 0 Å². The van der Waals surface area contributed by atoms with Gasteiger partial charge in [-0.05, 0) is 25.1 Å². The zero-order valence-electron chi connectivity index (χ0n) is 13.2. The third kappa shape index (κ3) is 4.61. The molecule has 14 heteroatoms. The fourth-order valence-corrected chi connectivity index (χ4v) is 2.16. The van der Waals surface area contributed by atoms with E-state index in [-0.39, 0.29) is 39.9 Å². The van der Waals surface area contributed by atoms with Crippen molar-refractivity contribution in [2.45, 2.75) is 25.5 Å². The summed E-state index contributed by atoms with van der Waals surface area (Å²) in [5.74, 6) is -4.09. The molecule has 0 fully saturated rings. The maximum atomic E-state index is 12.9. The molecule has 0 unspecified atom stereocenters. The number of alkyl halides is 9. The molecule has 0 aliphatic heterocycles. The Morgan fingerprint density at radius 1 is 0.929 bits per heavy atom. The molecular weight excluding hydrogens is 463 g/mol. The second kappa shape index (κ2) is 7.32. The van der Waals surface area contributed by atoms with Crippen LogP contribution in [0.4, 0.5) is 39.5 Å². The first-order valence-corrected chi connectivity index (χ1v) is 6.73. The van der Waals surface area contributed by atoms with Gasteiger partial charge in [0.25, 0.3) is 5.78 Å². The zero-order chi connectivity index (χ0) is 20.9. The molecule has 1 radical (unpaired) electrons. The van der Waals surface area contributed by atoms with Crippen LogP contribution in [0.5, 0.6) is 5.88 Å². The number of hydrogen-bond donors (Lipinski definition) is 1. The minimum absolute atomic E-state index is 0. The molecular formula is C14H7CuF9N2O2. The second-order valence-electron chi connectivity index (χ2n) is 5.29. The molecule has 2 aromatic rings. The minimum Gasteiger partial charge on any atom is -0.493 e. The maximum absolute atomic E-state index is 12.9. The number of benzene rings is 1. The molecule has 0 bridgehead atoms. The standard InChI is InChI=1S/C14H7F9N2O2.Cu/c1-5-9(10(26)14(21,22)23)11(27)25(24-5)8-3-6(12(15,16)17)2-7(4-8)13(18,19)20;/h2-4,27H,1H3;. The molecule has 4 nitrogen and oxygen atoms in total. The first-order chi connectivity index (χ1) is 12.0. The number of nitrogens with zero attached hydrogens (tertiary/aromatic N) is 2. The van der Waals surface area contributed by atoms with Gasteiger partial charge in [-0.25, -0.2) is 4.68 Å². The van der Waals surface area contributed by atoms with Crippen LogP contribution in [0, 0.1) is 6.92 Å². The number of rotatable bonds is 2. The first kappa shape index (κ1) is 23.8. The van der Waals surface area contributed by atoms with E-state index in [1.54, 1.807) is 0 Å². The molecule has 0 atom stereocenters. The molecule has 0 aliphatic rings. The van der Waals surface area contributed by atoms with Crippen LogP contribution >= 0.6 is 0 Å². The van der Waals surface area contributed by atoms with E-state index in [9.17, 15) is 49.4 Å². The summed E-state index contributed by atoms with van der Waals surface area (Å²) in [5, 5.41) is 13.1. The van der Waals surface area contributed by atoms with Gasteiger partial charge in [0.1, 0.15) is 5.56 Å². The van der Waals surface area contributed by atoms with Crippen molar-refractivity contribution >= 4 is 5.78 Å². The number of carbonyl (C=O) groups excluding carboxylic acids is 1. The summed E-state index contributed by atoms with van der Waals surface area (Å²) in [5.41, 5.74) is -6.69. The summed E-state index contributed by atoms with van der Waals surface area (Å²) < 4.78 is 115. The van der Waals surface area contributed by atoms with Gasteiger partial charge < -0.3 is 5.11 Å². The van der Waals surface area contributed by atoms with Gasteiger partial charge in [-0.15, -0.1) is 0 Å². The maximum Gasteiger partial charge on any atom is 0.455 e. The Bertz CT molecular complexity index is 866. The van der Waals surface area contributed by atoms with Gasteiger partial charge in [0.15, 0.2) is 0 Å². The average molecular weight is 470 g/mol. The van der Waals surface area contributed by atoms with E-state index >= 15 is 0 Å². The van der Waals surface area contributed by atoms with Crippen LogP contribution in [-0.4, -0.2) is 26.8 Å². The minimum atomic E-state index is -5.44. The SMILES string of the molecule is Cc1nn(-c2cc(C(F)(F)F)cc(C(F)(F)F)c2)c(O)c1C(=O)C(F)(F)F.[Cu]. The number of carbonyl (C=O) groups is 1. The Labute approximate surface area is 160 Å². The molecule has 1 N–H and O–H groups in total. The van der Waals surface area contributed by atoms with Crippen molar-refractivity contribution in [3.05, 3.63) is 40.6 Å². The number of Topliss-reactive ketones (excluding diaryl/α,β-unsaturated/α-hetero) is 1. The summed E-state index contributed by atoms with van der Waals surface area (Å²) >= 11 is 0. The zero-order valence-corrected chi connectivity index (χ0v) is 14.1. The number of aryl methyl sites for hydroxylation is 1. The van der Waals surface area contributed by atoms with Crippen molar-refractivity contribution in [1.29, 1.82) is 0 Å². The van der Waals surface area contributed by atoms with Gasteiger partial charge in [-0.2, -0.15) is 44.6 Å². The third-order valence-corrected chi connectivity index (χ3v) is 3.34. The Morgan fingerprint density at radius 3 is 1.71 bits per heavy atom. The topological polar surface area (TPSA) is 55.1 Å². The molecule has 1 aromatic carbocycles. The Morgan fingerprint density at radius 2 is 1.36 bits per heavy atom. The summed E-state index contributed by atoms with van der Waals surface area (Å²) in [6.07, 6.45) is -15.9. The molecule has 0 saturated carbocycles. The number of hydrogen-bond acceptors (Lipinski definition) is 3. The molecule has 28 heavy (non-hydrogen) atoms. The number of aromatic hydroxyl groups is 1. The van der Waals surface area contributed by atoms with E-state index in [0.717, 1.165) is 6.92 Å². The Hall–Kier alpha value is -2.21. The van der Waals surface area contributed by atoms with Gasteiger partial charge in [0.05, 0.1) is 22.5 Å². The predicted molar refractivity (Wildman–Crippen MR) is 70.4 cm³/mol. The van der Waals surface area contributed by atoms with Crippen molar-refractivity contribution in [3.8, 4) is 11.6 Å². The molecule has 1 aromatic heterocycles. The predicted octanol–water partition coefficient (Wildman–Crippen LogP) is 4.67. The second-order valence-corrected chi connectivity index (χ2v) is 5.29. The van der Waals surface area contributed by atoms with Gasteiger partial charge in [-0.1, -0.05) is 0 Å². The van der Waals surface area contributed by atoms with E-state index in [2.05, 4.69) is 5.10 Å². The molecule has 0 amide bonds. The van der Waals surface area contributed by atoms with Crippen LogP contribution in [0.25, 0.3) is 5.69 Å². The van der Waals surface area contributed by atoms with Crippen molar-refractivity contribution < 1.29 is 66.5 Å². The van der Waals surface area contributed by atoms with Gasteiger partial charge >= 0.3 is 18.5 Å². The third-order valence-electron chi connectivity index (χ3n) is 3.34.